The van der Waals surface area contributed by atoms with Crippen LogP contribution in [0.5, 0.6) is 0 Å². The Hall–Kier alpha value is -2.35. The van der Waals surface area contributed by atoms with E-state index in [4.69, 9.17) is 0 Å². The van der Waals surface area contributed by atoms with Crippen molar-refractivity contribution >= 4 is 0 Å². The molecule has 0 radical (unpaired) electrons. The standard InChI is InChI=1S/C34H51N2/c1-4-6-8-10-12-20-26-36-33(27-30(3)32-23-17-14-18-24-32)29-35(25-19-11-9-7-5-2)34(36)28-31-21-15-13-16-22-31/h13-18,21-24,29-30H,4-12,19-20,25-28H2,1-3H3/q+1. The second kappa shape index (κ2) is 16.4. The highest BCUT2D eigenvalue weighted by atomic mass is 15.2. The van der Waals surface area contributed by atoms with Gasteiger partial charge in [-0.2, -0.15) is 0 Å². The zero-order valence-electron chi connectivity index (χ0n) is 23.4. The number of imidazole rings is 1. The van der Waals surface area contributed by atoms with E-state index in [1.165, 1.54) is 93.3 Å². The fourth-order valence-electron chi connectivity index (χ4n) is 5.40. The molecule has 1 unspecified atom stereocenters. The lowest BCUT2D eigenvalue weighted by Gasteiger charge is -2.12. The molecule has 0 saturated carbocycles. The van der Waals surface area contributed by atoms with Crippen molar-refractivity contribution < 1.29 is 4.57 Å². The van der Waals surface area contributed by atoms with Crippen LogP contribution in [0.1, 0.15) is 120 Å². The molecule has 2 heteroatoms. The van der Waals surface area contributed by atoms with Crippen molar-refractivity contribution in [3.05, 3.63) is 89.5 Å². The third kappa shape index (κ3) is 9.26. The summed E-state index contributed by atoms with van der Waals surface area (Å²) < 4.78 is 5.32. The first kappa shape index (κ1) is 28.2. The molecule has 0 fully saturated rings. The molecule has 1 aromatic heterocycles. The summed E-state index contributed by atoms with van der Waals surface area (Å²) in [5.41, 5.74) is 4.38. The van der Waals surface area contributed by atoms with Crippen LogP contribution in [0.4, 0.5) is 0 Å². The molecule has 0 N–H and O–H groups in total. The van der Waals surface area contributed by atoms with E-state index in [-0.39, 0.29) is 0 Å². The smallest absolute Gasteiger partial charge is 0.234 e. The topological polar surface area (TPSA) is 8.81 Å². The van der Waals surface area contributed by atoms with Crippen LogP contribution in [0.15, 0.2) is 66.9 Å². The summed E-state index contributed by atoms with van der Waals surface area (Å²) in [5, 5.41) is 0. The van der Waals surface area contributed by atoms with Gasteiger partial charge in [-0.25, -0.2) is 9.13 Å². The van der Waals surface area contributed by atoms with Gasteiger partial charge in [-0.05, 0) is 42.7 Å². The first-order valence-electron chi connectivity index (χ1n) is 14.9. The summed E-state index contributed by atoms with van der Waals surface area (Å²) in [4.78, 5) is 0. The van der Waals surface area contributed by atoms with Crippen LogP contribution in [-0.2, 0) is 25.9 Å². The monoisotopic (exact) mass is 487 g/mol. The number of rotatable bonds is 18. The molecule has 0 aliphatic rings. The number of hydrogen-bond donors (Lipinski definition) is 0. The summed E-state index contributed by atoms with van der Waals surface area (Å²) >= 11 is 0. The maximum absolute atomic E-state index is 2.71. The Morgan fingerprint density at radius 2 is 1.28 bits per heavy atom. The lowest BCUT2D eigenvalue weighted by molar-refractivity contribution is -0.704. The van der Waals surface area contributed by atoms with E-state index in [0.717, 1.165) is 25.9 Å². The average Bonchev–Trinajstić information content (AvgIpc) is 3.22. The summed E-state index contributed by atoms with van der Waals surface area (Å²) in [5.74, 6) is 2.02. The fourth-order valence-corrected chi connectivity index (χ4v) is 5.40. The lowest BCUT2D eigenvalue weighted by Crippen LogP contribution is -2.37. The molecule has 3 rings (SSSR count). The number of benzene rings is 2. The number of nitrogens with zero attached hydrogens (tertiary/aromatic N) is 2. The molecule has 196 valence electrons. The van der Waals surface area contributed by atoms with Gasteiger partial charge in [-0.3, -0.25) is 0 Å². The van der Waals surface area contributed by atoms with Crippen molar-refractivity contribution in [3.8, 4) is 0 Å². The maximum atomic E-state index is 2.71. The highest BCUT2D eigenvalue weighted by Gasteiger charge is 2.25. The van der Waals surface area contributed by atoms with Gasteiger partial charge in [-0.1, -0.05) is 126 Å². The summed E-state index contributed by atoms with van der Waals surface area (Å²) in [6.45, 7) is 9.28. The van der Waals surface area contributed by atoms with Gasteiger partial charge in [0.25, 0.3) is 5.82 Å². The van der Waals surface area contributed by atoms with Gasteiger partial charge in [0.2, 0.25) is 0 Å². The predicted molar refractivity (Wildman–Crippen MR) is 155 cm³/mol. The molecule has 0 amide bonds. The van der Waals surface area contributed by atoms with Crippen LogP contribution < -0.4 is 4.57 Å². The predicted octanol–water partition coefficient (Wildman–Crippen LogP) is 9.04. The van der Waals surface area contributed by atoms with Crippen molar-refractivity contribution in [1.29, 1.82) is 0 Å². The van der Waals surface area contributed by atoms with E-state index >= 15 is 0 Å². The molecule has 1 heterocycles. The van der Waals surface area contributed by atoms with Gasteiger partial charge in [0.1, 0.15) is 11.9 Å². The van der Waals surface area contributed by atoms with E-state index < -0.39 is 0 Å². The number of aryl methyl sites for hydroxylation is 1. The minimum atomic E-state index is 0.520. The van der Waals surface area contributed by atoms with Crippen molar-refractivity contribution in [3.63, 3.8) is 0 Å². The lowest BCUT2D eigenvalue weighted by atomic mass is 9.96. The Balaban J connectivity index is 1.84. The second-order valence-corrected chi connectivity index (χ2v) is 10.7. The summed E-state index contributed by atoms with van der Waals surface area (Å²) in [7, 11) is 0. The Morgan fingerprint density at radius 1 is 0.694 bits per heavy atom. The van der Waals surface area contributed by atoms with Gasteiger partial charge >= 0.3 is 0 Å². The van der Waals surface area contributed by atoms with Gasteiger partial charge in [-0.15, -0.1) is 0 Å². The molecule has 0 aliphatic carbocycles. The number of unbranched alkanes of at least 4 members (excludes halogenated alkanes) is 9. The van der Waals surface area contributed by atoms with E-state index in [0.29, 0.717) is 5.92 Å². The molecule has 0 bridgehead atoms. The minimum absolute atomic E-state index is 0.520. The van der Waals surface area contributed by atoms with Crippen molar-refractivity contribution in [2.75, 3.05) is 0 Å². The molecular weight excluding hydrogens is 436 g/mol. The average molecular weight is 488 g/mol. The van der Waals surface area contributed by atoms with E-state index in [9.17, 15) is 0 Å². The first-order valence-corrected chi connectivity index (χ1v) is 14.9. The van der Waals surface area contributed by atoms with Gasteiger partial charge in [0.15, 0.2) is 0 Å². The maximum Gasteiger partial charge on any atom is 0.261 e. The molecule has 0 spiro atoms. The van der Waals surface area contributed by atoms with Crippen LogP contribution in [0.25, 0.3) is 0 Å². The SMILES string of the molecule is CCCCCCCCn1c(CC(C)c2ccccc2)c[n+](CCCCCCC)c1Cc1ccccc1. The third-order valence-corrected chi connectivity index (χ3v) is 7.62. The number of aromatic nitrogens is 2. The molecule has 2 aromatic carbocycles. The van der Waals surface area contributed by atoms with Crippen LogP contribution in [0.2, 0.25) is 0 Å². The highest BCUT2D eigenvalue weighted by Crippen LogP contribution is 2.22. The van der Waals surface area contributed by atoms with E-state index in [1.807, 2.05) is 0 Å². The molecular formula is C34H51N2+. The minimum Gasteiger partial charge on any atom is -0.234 e. The number of hydrogen-bond acceptors (Lipinski definition) is 0. The molecule has 3 aromatic rings. The third-order valence-electron chi connectivity index (χ3n) is 7.62. The van der Waals surface area contributed by atoms with Crippen LogP contribution >= 0.6 is 0 Å². The Bertz CT molecular complexity index is 958. The molecule has 1 atom stereocenters. The Labute approximate surface area is 221 Å². The van der Waals surface area contributed by atoms with Crippen LogP contribution in [0, 0.1) is 0 Å². The Morgan fingerprint density at radius 3 is 1.94 bits per heavy atom. The van der Waals surface area contributed by atoms with Gasteiger partial charge in [0, 0.05) is 6.42 Å². The van der Waals surface area contributed by atoms with Crippen LogP contribution in [0.3, 0.4) is 0 Å². The Kier molecular flexibility index (Phi) is 12.9. The van der Waals surface area contributed by atoms with Gasteiger partial charge in [0.05, 0.1) is 19.5 Å². The van der Waals surface area contributed by atoms with Crippen molar-refractivity contribution in [2.45, 2.75) is 123 Å². The first-order chi connectivity index (χ1) is 17.7. The highest BCUT2D eigenvalue weighted by molar-refractivity contribution is 5.22. The fraction of sp³-hybridized carbons (Fsp3) is 0.559. The van der Waals surface area contributed by atoms with E-state index in [2.05, 4.69) is 96.8 Å². The quantitative estimate of drug-likeness (QED) is 0.125. The van der Waals surface area contributed by atoms with Crippen LogP contribution in [-0.4, -0.2) is 4.57 Å². The van der Waals surface area contributed by atoms with Gasteiger partial charge < -0.3 is 0 Å². The van der Waals surface area contributed by atoms with Crippen molar-refractivity contribution in [1.82, 2.24) is 4.57 Å². The zero-order valence-corrected chi connectivity index (χ0v) is 23.4. The summed E-state index contributed by atoms with van der Waals surface area (Å²) in [6.07, 6.45) is 19.3. The molecule has 36 heavy (non-hydrogen) atoms. The molecule has 0 saturated heterocycles. The zero-order chi connectivity index (χ0) is 25.4. The molecule has 0 aliphatic heterocycles. The summed E-state index contributed by atoms with van der Waals surface area (Å²) in [6, 6.07) is 22.1. The van der Waals surface area contributed by atoms with E-state index in [1.54, 1.807) is 0 Å². The van der Waals surface area contributed by atoms with Crippen molar-refractivity contribution in [2.24, 2.45) is 0 Å². The molecule has 2 nitrogen and oxygen atoms in total. The largest absolute Gasteiger partial charge is 0.261 e. The normalized spacial score (nSPS) is 12.2. The second-order valence-electron chi connectivity index (χ2n) is 10.7.